The van der Waals surface area contributed by atoms with Gasteiger partial charge in [-0.3, -0.25) is 4.79 Å². The number of hydrogen-bond acceptors (Lipinski definition) is 6. The molecule has 2 aromatic rings. The first-order chi connectivity index (χ1) is 13.7. The Morgan fingerprint density at radius 1 is 1.18 bits per heavy atom. The summed E-state index contributed by atoms with van der Waals surface area (Å²) in [7, 11) is 4.61. The Labute approximate surface area is 169 Å². The molecule has 1 atom stereocenters. The van der Waals surface area contributed by atoms with Crippen molar-refractivity contribution < 1.29 is 28.6 Å². The molecule has 1 aromatic carbocycles. The fourth-order valence-corrected chi connectivity index (χ4v) is 4.31. The molecule has 3 rings (SSSR count). The van der Waals surface area contributed by atoms with Crippen LogP contribution in [0.15, 0.2) is 29.6 Å². The molecular formula is C20H27N2O5S+. The van der Waals surface area contributed by atoms with E-state index in [0.29, 0.717) is 29.4 Å². The smallest absolute Gasteiger partial charge is 0.251 e. The van der Waals surface area contributed by atoms with E-state index in [9.17, 15) is 4.79 Å². The van der Waals surface area contributed by atoms with E-state index in [4.69, 9.17) is 18.9 Å². The van der Waals surface area contributed by atoms with Crippen LogP contribution in [-0.2, 0) is 4.74 Å². The highest BCUT2D eigenvalue weighted by molar-refractivity contribution is 7.10. The number of carbonyl (C=O) groups excluding carboxylic acids is 1. The minimum absolute atomic E-state index is 0.173. The van der Waals surface area contributed by atoms with Crippen molar-refractivity contribution >= 4 is 17.2 Å². The van der Waals surface area contributed by atoms with Crippen LogP contribution in [0.5, 0.6) is 17.2 Å². The summed E-state index contributed by atoms with van der Waals surface area (Å²) in [6, 6.07) is 7.71. The number of hydrogen-bond donors (Lipinski definition) is 2. The lowest BCUT2D eigenvalue weighted by atomic mass is 10.1. The third-order valence-corrected chi connectivity index (χ3v) is 5.89. The molecule has 0 unspecified atom stereocenters. The number of morpholine rings is 1. The Bertz CT molecular complexity index is 750. The molecule has 1 aromatic heterocycles. The summed E-state index contributed by atoms with van der Waals surface area (Å²) < 4.78 is 21.5. The van der Waals surface area contributed by atoms with E-state index in [0.717, 1.165) is 26.3 Å². The number of ether oxygens (including phenoxy) is 4. The van der Waals surface area contributed by atoms with Crippen LogP contribution in [0.1, 0.15) is 21.3 Å². The largest absolute Gasteiger partial charge is 0.493 e. The highest BCUT2D eigenvalue weighted by atomic mass is 32.1. The van der Waals surface area contributed by atoms with Gasteiger partial charge in [0.2, 0.25) is 5.75 Å². The molecule has 8 heteroatoms. The molecule has 2 N–H and O–H groups in total. The summed E-state index contributed by atoms with van der Waals surface area (Å²) in [6.45, 7) is 3.91. The van der Waals surface area contributed by atoms with E-state index < -0.39 is 0 Å². The first-order valence-electron chi connectivity index (χ1n) is 9.21. The van der Waals surface area contributed by atoms with Crippen LogP contribution in [0.25, 0.3) is 0 Å². The average molecular weight is 408 g/mol. The lowest BCUT2D eigenvalue weighted by Crippen LogP contribution is -3.15. The summed E-state index contributed by atoms with van der Waals surface area (Å²) in [5, 5.41) is 5.15. The highest BCUT2D eigenvalue weighted by Gasteiger charge is 2.28. The minimum atomic E-state index is -0.173. The number of carbonyl (C=O) groups is 1. The summed E-state index contributed by atoms with van der Waals surface area (Å²) >= 11 is 1.72. The number of nitrogens with one attached hydrogen (secondary N) is 2. The SMILES string of the molecule is COc1cc(C(=O)NC[C@H](c2cccs2)[NH+]2CCOCC2)cc(OC)c1OC. The molecule has 28 heavy (non-hydrogen) atoms. The number of benzene rings is 1. The standard InChI is InChI=1S/C20H26N2O5S/c1-24-16-11-14(12-17(25-2)19(16)26-3)20(23)21-13-15(18-5-4-10-28-18)22-6-8-27-9-7-22/h4-5,10-12,15H,6-9,13H2,1-3H3,(H,21,23)/p+1/t15-/m1/s1. The van der Waals surface area contributed by atoms with Crippen LogP contribution < -0.4 is 24.4 Å². The normalized spacial score (nSPS) is 15.7. The van der Waals surface area contributed by atoms with Crippen molar-refractivity contribution in [3.63, 3.8) is 0 Å². The van der Waals surface area contributed by atoms with Crippen LogP contribution in [0.3, 0.4) is 0 Å². The zero-order valence-corrected chi connectivity index (χ0v) is 17.3. The van der Waals surface area contributed by atoms with Gasteiger partial charge >= 0.3 is 0 Å². The van der Waals surface area contributed by atoms with E-state index in [1.165, 1.54) is 31.1 Å². The molecule has 0 spiro atoms. The predicted molar refractivity (Wildman–Crippen MR) is 107 cm³/mol. The van der Waals surface area contributed by atoms with Crippen molar-refractivity contribution in [2.24, 2.45) is 0 Å². The Morgan fingerprint density at radius 3 is 2.39 bits per heavy atom. The van der Waals surface area contributed by atoms with Gasteiger partial charge in [0.25, 0.3) is 5.91 Å². The van der Waals surface area contributed by atoms with Gasteiger partial charge in [-0.05, 0) is 23.6 Å². The maximum Gasteiger partial charge on any atom is 0.251 e. The van der Waals surface area contributed by atoms with Gasteiger partial charge in [-0.2, -0.15) is 0 Å². The Balaban J connectivity index is 1.75. The first kappa shape index (κ1) is 20.4. The quantitative estimate of drug-likeness (QED) is 0.687. The maximum absolute atomic E-state index is 12.8. The van der Waals surface area contributed by atoms with Crippen LogP contribution in [0, 0.1) is 0 Å². The summed E-state index contributed by atoms with van der Waals surface area (Å²) in [4.78, 5) is 15.5. The van der Waals surface area contributed by atoms with Gasteiger partial charge in [0.05, 0.1) is 46.0 Å². The second kappa shape index (κ2) is 9.77. The van der Waals surface area contributed by atoms with Gasteiger partial charge in [-0.25, -0.2) is 0 Å². The number of methoxy groups -OCH3 is 3. The van der Waals surface area contributed by atoms with Crippen molar-refractivity contribution in [3.8, 4) is 17.2 Å². The predicted octanol–water partition coefficient (Wildman–Crippen LogP) is 1.16. The fourth-order valence-electron chi connectivity index (χ4n) is 3.43. The molecule has 1 saturated heterocycles. The molecule has 7 nitrogen and oxygen atoms in total. The monoisotopic (exact) mass is 407 g/mol. The van der Waals surface area contributed by atoms with E-state index in [1.807, 2.05) is 6.07 Å². The first-order valence-corrected chi connectivity index (χ1v) is 10.1. The van der Waals surface area contributed by atoms with Crippen molar-refractivity contribution in [3.05, 3.63) is 40.1 Å². The molecule has 1 aliphatic rings. The van der Waals surface area contributed by atoms with Gasteiger partial charge in [0.1, 0.15) is 19.1 Å². The van der Waals surface area contributed by atoms with Gasteiger partial charge < -0.3 is 29.2 Å². The number of rotatable bonds is 8. The lowest BCUT2D eigenvalue weighted by Gasteiger charge is -2.31. The Morgan fingerprint density at radius 2 is 1.86 bits per heavy atom. The molecule has 0 aliphatic carbocycles. The summed E-state index contributed by atoms with van der Waals surface area (Å²) in [5.74, 6) is 1.21. The molecule has 2 heterocycles. The van der Waals surface area contributed by atoms with Crippen LogP contribution in [-0.4, -0.2) is 60.1 Å². The van der Waals surface area contributed by atoms with E-state index in [-0.39, 0.29) is 11.9 Å². The molecule has 0 bridgehead atoms. The summed E-state index contributed by atoms with van der Waals surface area (Å²) in [6.07, 6.45) is 0. The molecular weight excluding hydrogens is 380 g/mol. The van der Waals surface area contributed by atoms with Crippen LogP contribution >= 0.6 is 11.3 Å². The number of quaternary nitrogens is 1. The molecule has 1 fully saturated rings. The Hall–Kier alpha value is -2.29. The van der Waals surface area contributed by atoms with Gasteiger partial charge in [0, 0.05) is 5.56 Å². The van der Waals surface area contributed by atoms with Gasteiger partial charge in [0.15, 0.2) is 11.5 Å². The van der Waals surface area contributed by atoms with Crippen molar-refractivity contribution in [2.45, 2.75) is 6.04 Å². The van der Waals surface area contributed by atoms with E-state index >= 15 is 0 Å². The molecule has 1 amide bonds. The van der Waals surface area contributed by atoms with Gasteiger partial charge in [-0.1, -0.05) is 6.07 Å². The summed E-state index contributed by atoms with van der Waals surface area (Å²) in [5.41, 5.74) is 0.469. The Kier molecular flexibility index (Phi) is 7.13. The third-order valence-electron chi connectivity index (χ3n) is 4.91. The van der Waals surface area contributed by atoms with Crippen molar-refractivity contribution in [1.29, 1.82) is 0 Å². The van der Waals surface area contributed by atoms with Crippen molar-refractivity contribution in [2.75, 3.05) is 54.2 Å². The molecule has 0 radical (unpaired) electrons. The van der Waals surface area contributed by atoms with Crippen molar-refractivity contribution in [1.82, 2.24) is 5.32 Å². The zero-order valence-electron chi connectivity index (χ0n) is 16.4. The molecule has 152 valence electrons. The highest BCUT2D eigenvalue weighted by Crippen LogP contribution is 2.38. The zero-order chi connectivity index (χ0) is 19.9. The van der Waals surface area contributed by atoms with Gasteiger partial charge in [-0.15, -0.1) is 11.3 Å². The topological polar surface area (TPSA) is 70.5 Å². The maximum atomic E-state index is 12.8. The lowest BCUT2D eigenvalue weighted by molar-refractivity contribution is -0.937. The van der Waals surface area contributed by atoms with Crippen LogP contribution in [0.4, 0.5) is 0 Å². The van der Waals surface area contributed by atoms with Crippen LogP contribution in [0.2, 0.25) is 0 Å². The third kappa shape index (κ3) is 4.57. The second-order valence-corrected chi connectivity index (χ2v) is 7.44. The van der Waals surface area contributed by atoms with E-state index in [1.54, 1.807) is 23.5 Å². The number of thiophene rings is 1. The second-order valence-electron chi connectivity index (χ2n) is 6.46. The van der Waals surface area contributed by atoms with E-state index in [2.05, 4.69) is 16.8 Å². The molecule has 1 aliphatic heterocycles. The molecule has 0 saturated carbocycles. The minimum Gasteiger partial charge on any atom is -0.493 e. The average Bonchev–Trinajstić information content (AvgIpc) is 3.27. The number of amides is 1. The fraction of sp³-hybridized carbons (Fsp3) is 0.450.